The molecular weight excluding hydrogens is 288 g/mol. The van der Waals surface area contributed by atoms with Gasteiger partial charge in [0.2, 0.25) is 11.9 Å². The van der Waals surface area contributed by atoms with Gasteiger partial charge in [0, 0.05) is 42.6 Å². The fourth-order valence-corrected chi connectivity index (χ4v) is 2.44. The lowest BCUT2D eigenvalue weighted by molar-refractivity contribution is -0.117. The first-order chi connectivity index (χ1) is 10.2. The number of anilines is 1. The maximum absolute atomic E-state index is 11.8. The number of hydrogen-bond donors (Lipinski definition) is 2. The van der Waals surface area contributed by atoms with Gasteiger partial charge in [-0.25, -0.2) is 9.97 Å². The predicted molar refractivity (Wildman–Crippen MR) is 82.6 cm³/mol. The van der Waals surface area contributed by atoms with Crippen LogP contribution in [0.3, 0.4) is 0 Å². The zero-order valence-corrected chi connectivity index (χ0v) is 12.3. The number of nitrogens with one attached hydrogen (secondary N) is 1. The molecule has 0 bridgehead atoms. The molecule has 110 valence electrons. The van der Waals surface area contributed by atoms with Crippen LogP contribution in [0.1, 0.15) is 16.5 Å². The number of hydrogen-bond acceptors (Lipinski definition) is 6. The number of thiophene rings is 1. The van der Waals surface area contributed by atoms with E-state index in [2.05, 4.69) is 15.3 Å². The van der Waals surface area contributed by atoms with E-state index in [4.69, 9.17) is 10.5 Å². The summed E-state index contributed by atoms with van der Waals surface area (Å²) in [6, 6.07) is 3.93. The number of carbonyl (C=O) groups excluding carboxylic acids is 1. The van der Waals surface area contributed by atoms with Gasteiger partial charge in [0.1, 0.15) is 6.10 Å². The molecule has 0 saturated heterocycles. The van der Waals surface area contributed by atoms with Crippen LogP contribution in [0, 0.1) is 0 Å². The Morgan fingerprint density at radius 3 is 2.90 bits per heavy atom. The quantitative estimate of drug-likeness (QED) is 0.792. The summed E-state index contributed by atoms with van der Waals surface area (Å²) < 4.78 is 5.36. The Kier molecular flexibility index (Phi) is 5.42. The van der Waals surface area contributed by atoms with E-state index in [1.54, 1.807) is 36.9 Å². The molecule has 1 unspecified atom stereocenters. The standard InChI is InChI=1S/C14H16N4O2S/c1-20-11(12-3-2-6-21-12)9-16-13(19)5-4-10-7-17-14(15)18-8-10/h2-8,11H,9H2,1H3,(H,16,19)(H2,15,17,18)/b5-4+. The maximum Gasteiger partial charge on any atom is 0.244 e. The Hall–Kier alpha value is -2.25. The summed E-state index contributed by atoms with van der Waals surface area (Å²) in [5, 5.41) is 4.77. The van der Waals surface area contributed by atoms with Gasteiger partial charge < -0.3 is 15.8 Å². The third-order valence-corrected chi connectivity index (χ3v) is 3.69. The molecule has 0 fully saturated rings. The van der Waals surface area contributed by atoms with Gasteiger partial charge >= 0.3 is 0 Å². The van der Waals surface area contributed by atoms with Crippen LogP contribution in [-0.2, 0) is 9.53 Å². The first kappa shape index (κ1) is 15.1. The monoisotopic (exact) mass is 304 g/mol. The van der Waals surface area contributed by atoms with Crippen molar-refractivity contribution < 1.29 is 9.53 Å². The summed E-state index contributed by atoms with van der Waals surface area (Å²) in [6.07, 6.45) is 6.02. The summed E-state index contributed by atoms with van der Waals surface area (Å²) in [6.45, 7) is 0.415. The van der Waals surface area contributed by atoms with E-state index in [9.17, 15) is 4.79 Å². The van der Waals surface area contributed by atoms with E-state index in [-0.39, 0.29) is 18.0 Å². The fraction of sp³-hybridized carbons (Fsp3) is 0.214. The van der Waals surface area contributed by atoms with Crippen molar-refractivity contribution in [1.29, 1.82) is 0 Å². The second-order valence-electron chi connectivity index (χ2n) is 4.19. The average Bonchev–Trinajstić information content (AvgIpc) is 3.01. The van der Waals surface area contributed by atoms with E-state index in [0.717, 1.165) is 4.88 Å². The van der Waals surface area contributed by atoms with Gasteiger partial charge in [0.25, 0.3) is 0 Å². The SMILES string of the molecule is COC(CNC(=O)/C=C/c1cnc(N)nc1)c1cccs1. The highest BCUT2D eigenvalue weighted by Gasteiger charge is 2.11. The molecule has 2 rings (SSSR count). The van der Waals surface area contributed by atoms with Crippen LogP contribution in [0.4, 0.5) is 5.95 Å². The molecule has 0 saturated carbocycles. The van der Waals surface area contributed by atoms with E-state index < -0.39 is 0 Å². The molecule has 0 aliphatic carbocycles. The van der Waals surface area contributed by atoms with Crippen molar-refractivity contribution in [3.05, 3.63) is 46.4 Å². The number of methoxy groups -OCH3 is 1. The van der Waals surface area contributed by atoms with Gasteiger partial charge in [0.05, 0.1) is 0 Å². The highest BCUT2D eigenvalue weighted by Crippen LogP contribution is 2.20. The number of nitrogen functional groups attached to an aromatic ring is 1. The molecule has 3 N–H and O–H groups in total. The topological polar surface area (TPSA) is 90.1 Å². The Labute approximate surface area is 126 Å². The molecule has 0 aromatic carbocycles. The summed E-state index contributed by atoms with van der Waals surface area (Å²) >= 11 is 1.60. The lowest BCUT2D eigenvalue weighted by atomic mass is 10.2. The first-order valence-corrected chi connectivity index (χ1v) is 7.16. The number of amides is 1. The van der Waals surface area contributed by atoms with Crippen molar-refractivity contribution in [1.82, 2.24) is 15.3 Å². The summed E-state index contributed by atoms with van der Waals surface area (Å²) in [5.41, 5.74) is 6.10. The minimum Gasteiger partial charge on any atom is -0.374 e. The molecule has 0 aliphatic heterocycles. The zero-order chi connectivity index (χ0) is 15.1. The number of aromatic nitrogens is 2. The molecule has 2 heterocycles. The van der Waals surface area contributed by atoms with Crippen molar-refractivity contribution >= 4 is 29.3 Å². The lowest BCUT2D eigenvalue weighted by Crippen LogP contribution is -2.27. The van der Waals surface area contributed by atoms with Crippen LogP contribution >= 0.6 is 11.3 Å². The Bertz CT molecular complexity index is 596. The molecule has 0 aliphatic rings. The first-order valence-electron chi connectivity index (χ1n) is 6.28. The van der Waals surface area contributed by atoms with Crippen molar-refractivity contribution in [2.75, 3.05) is 19.4 Å². The van der Waals surface area contributed by atoms with E-state index in [0.29, 0.717) is 12.1 Å². The molecule has 1 amide bonds. The van der Waals surface area contributed by atoms with Crippen molar-refractivity contribution in [3.63, 3.8) is 0 Å². The van der Waals surface area contributed by atoms with Gasteiger partial charge in [-0.05, 0) is 17.5 Å². The van der Waals surface area contributed by atoms with Gasteiger partial charge in [-0.2, -0.15) is 0 Å². The van der Waals surface area contributed by atoms with Gasteiger partial charge in [-0.3, -0.25) is 4.79 Å². The smallest absolute Gasteiger partial charge is 0.244 e. The molecule has 0 spiro atoms. The largest absolute Gasteiger partial charge is 0.374 e. The van der Waals surface area contributed by atoms with Crippen LogP contribution in [-0.4, -0.2) is 29.5 Å². The number of nitrogens with two attached hydrogens (primary N) is 1. The number of ether oxygens (including phenoxy) is 1. The Morgan fingerprint density at radius 2 is 2.29 bits per heavy atom. The van der Waals surface area contributed by atoms with Gasteiger partial charge in [-0.1, -0.05) is 6.07 Å². The molecule has 1 atom stereocenters. The molecule has 7 heteroatoms. The molecule has 2 aromatic rings. The minimum atomic E-state index is -0.203. The van der Waals surface area contributed by atoms with E-state index in [1.165, 1.54) is 6.08 Å². The number of nitrogens with zero attached hydrogens (tertiary/aromatic N) is 2. The summed E-state index contributed by atoms with van der Waals surface area (Å²) in [7, 11) is 1.62. The van der Waals surface area contributed by atoms with Gasteiger partial charge in [0.15, 0.2) is 0 Å². The highest BCUT2D eigenvalue weighted by molar-refractivity contribution is 7.10. The third-order valence-electron chi connectivity index (χ3n) is 2.73. The Morgan fingerprint density at radius 1 is 1.52 bits per heavy atom. The second kappa shape index (κ2) is 7.51. The summed E-state index contributed by atoms with van der Waals surface area (Å²) in [5.74, 6) is 0.000849. The molecule has 2 aromatic heterocycles. The van der Waals surface area contributed by atoms with Gasteiger partial charge in [-0.15, -0.1) is 11.3 Å². The minimum absolute atomic E-state index is 0.137. The zero-order valence-electron chi connectivity index (χ0n) is 11.5. The normalized spacial score (nSPS) is 12.4. The fourth-order valence-electron chi connectivity index (χ4n) is 1.63. The van der Waals surface area contributed by atoms with Crippen LogP contribution < -0.4 is 11.1 Å². The van der Waals surface area contributed by atoms with Crippen LogP contribution in [0.25, 0.3) is 6.08 Å². The number of carbonyl (C=O) groups is 1. The molecule has 21 heavy (non-hydrogen) atoms. The molecule has 0 radical (unpaired) electrons. The highest BCUT2D eigenvalue weighted by atomic mass is 32.1. The van der Waals surface area contributed by atoms with E-state index >= 15 is 0 Å². The van der Waals surface area contributed by atoms with Crippen LogP contribution in [0.5, 0.6) is 0 Å². The molecular formula is C14H16N4O2S. The number of rotatable bonds is 6. The predicted octanol–water partition coefficient (Wildman–Crippen LogP) is 1.64. The van der Waals surface area contributed by atoms with Crippen molar-refractivity contribution in [2.45, 2.75) is 6.10 Å². The van der Waals surface area contributed by atoms with Crippen molar-refractivity contribution in [2.24, 2.45) is 0 Å². The lowest BCUT2D eigenvalue weighted by Gasteiger charge is -2.13. The Balaban J connectivity index is 1.85. The van der Waals surface area contributed by atoms with Crippen LogP contribution in [0.15, 0.2) is 36.0 Å². The van der Waals surface area contributed by atoms with Crippen LogP contribution in [0.2, 0.25) is 0 Å². The third kappa shape index (κ3) is 4.66. The summed E-state index contributed by atoms with van der Waals surface area (Å²) in [4.78, 5) is 20.5. The second-order valence-corrected chi connectivity index (χ2v) is 5.17. The van der Waals surface area contributed by atoms with E-state index in [1.807, 2.05) is 17.5 Å². The molecule has 6 nitrogen and oxygen atoms in total. The average molecular weight is 304 g/mol. The van der Waals surface area contributed by atoms with Crippen molar-refractivity contribution in [3.8, 4) is 0 Å². The maximum atomic E-state index is 11.8.